The van der Waals surface area contributed by atoms with Crippen LogP contribution in [0.3, 0.4) is 0 Å². The average Bonchev–Trinajstić information content (AvgIpc) is 2.86. The fraction of sp³-hybridized carbons (Fsp3) is 0.346. The molecule has 1 fully saturated rings. The van der Waals surface area contributed by atoms with Gasteiger partial charge in [0.25, 0.3) is 0 Å². The number of hydrogen-bond acceptors (Lipinski definition) is 6. The fourth-order valence-electron chi connectivity index (χ4n) is 4.23. The van der Waals surface area contributed by atoms with Gasteiger partial charge in [-0.2, -0.15) is 8.78 Å². The van der Waals surface area contributed by atoms with E-state index in [1.165, 1.54) is 12.1 Å². The molecule has 0 saturated carbocycles. The second-order valence-corrected chi connectivity index (χ2v) is 8.71. The zero-order chi connectivity index (χ0) is 24.8. The van der Waals surface area contributed by atoms with Crippen LogP contribution in [0, 0.1) is 5.92 Å². The number of benzene rings is 2. The van der Waals surface area contributed by atoms with E-state index in [2.05, 4.69) is 26.9 Å². The van der Waals surface area contributed by atoms with Gasteiger partial charge in [-0.05, 0) is 54.2 Å². The van der Waals surface area contributed by atoms with E-state index >= 15 is 0 Å². The van der Waals surface area contributed by atoms with Gasteiger partial charge in [-0.3, -0.25) is 4.79 Å². The van der Waals surface area contributed by atoms with Crippen molar-refractivity contribution in [2.24, 2.45) is 5.92 Å². The lowest BCUT2D eigenvalue weighted by Gasteiger charge is -2.33. The molecule has 9 heteroatoms. The Hall–Kier alpha value is -3.59. The minimum atomic E-state index is -2.86. The summed E-state index contributed by atoms with van der Waals surface area (Å²) in [6.07, 6.45) is 5.38. The van der Waals surface area contributed by atoms with Crippen LogP contribution in [0.5, 0.6) is 5.75 Å². The Balaban J connectivity index is 1.38. The summed E-state index contributed by atoms with van der Waals surface area (Å²) in [5.74, 6) is 0.331. The van der Waals surface area contributed by atoms with Crippen molar-refractivity contribution in [2.75, 3.05) is 25.0 Å². The van der Waals surface area contributed by atoms with Crippen molar-refractivity contribution in [1.29, 1.82) is 0 Å². The lowest BCUT2D eigenvalue weighted by molar-refractivity contribution is -0.135. The van der Waals surface area contributed by atoms with E-state index in [0.29, 0.717) is 11.9 Å². The molecule has 1 aromatic heterocycles. The Morgan fingerprint density at radius 2 is 1.80 bits per heavy atom. The van der Waals surface area contributed by atoms with Gasteiger partial charge >= 0.3 is 6.61 Å². The minimum Gasteiger partial charge on any atom is -0.435 e. The predicted octanol–water partition coefficient (Wildman–Crippen LogP) is 4.82. The summed E-state index contributed by atoms with van der Waals surface area (Å²) >= 11 is 0. The first-order valence-corrected chi connectivity index (χ1v) is 11.6. The normalized spacial score (nSPS) is 16.7. The van der Waals surface area contributed by atoms with Crippen LogP contribution in [-0.4, -0.2) is 52.2 Å². The highest BCUT2D eigenvalue weighted by Gasteiger charge is 2.28. The van der Waals surface area contributed by atoms with E-state index in [4.69, 9.17) is 0 Å². The third-order valence-electron chi connectivity index (χ3n) is 6.08. The van der Waals surface area contributed by atoms with Gasteiger partial charge in [0.1, 0.15) is 5.75 Å². The molecule has 0 radical (unpaired) electrons. The average molecular weight is 483 g/mol. The van der Waals surface area contributed by atoms with Gasteiger partial charge in [-0.1, -0.05) is 31.2 Å². The number of amides is 1. The largest absolute Gasteiger partial charge is 0.435 e. The van der Waals surface area contributed by atoms with Crippen molar-refractivity contribution in [2.45, 2.75) is 32.3 Å². The highest BCUT2D eigenvalue weighted by atomic mass is 19.3. The van der Waals surface area contributed by atoms with E-state index < -0.39 is 12.5 Å². The Morgan fingerprint density at radius 3 is 2.40 bits per heavy atom. The second kappa shape index (κ2) is 11.2. The molecule has 1 aliphatic rings. The maximum atomic E-state index is 13.0. The summed E-state index contributed by atoms with van der Waals surface area (Å²) in [5.41, 5.74) is 3.00. The van der Waals surface area contributed by atoms with E-state index in [1.807, 2.05) is 29.2 Å². The molecule has 0 spiro atoms. The van der Waals surface area contributed by atoms with Crippen molar-refractivity contribution in [1.82, 2.24) is 14.9 Å². The summed E-state index contributed by atoms with van der Waals surface area (Å²) in [4.78, 5) is 23.4. The van der Waals surface area contributed by atoms with Crippen LogP contribution >= 0.6 is 0 Å². The summed E-state index contributed by atoms with van der Waals surface area (Å²) in [6.45, 7) is 0.508. The van der Waals surface area contributed by atoms with E-state index in [9.17, 15) is 18.7 Å². The van der Waals surface area contributed by atoms with Crippen LogP contribution in [0.4, 0.5) is 20.4 Å². The number of carbonyl (C=O) groups excluding carboxylic acids is 1. The van der Waals surface area contributed by atoms with Crippen molar-refractivity contribution in [3.8, 4) is 16.9 Å². The number of nitrogens with zero attached hydrogens (tertiary/aromatic N) is 3. The van der Waals surface area contributed by atoms with Gasteiger partial charge in [-0.15, -0.1) is 0 Å². The van der Waals surface area contributed by atoms with E-state index in [0.717, 1.165) is 48.3 Å². The summed E-state index contributed by atoms with van der Waals surface area (Å²) in [6, 6.07) is 13.5. The number of likely N-dealkylation sites (tertiary alicyclic amines) is 1. The van der Waals surface area contributed by atoms with Crippen molar-refractivity contribution in [3.05, 3.63) is 66.5 Å². The van der Waals surface area contributed by atoms with Gasteiger partial charge in [0, 0.05) is 36.7 Å². The number of nitrogens with one attached hydrogen (secondary N) is 1. The molecular formula is C26H28F2N4O3. The molecule has 1 saturated heterocycles. The SMILES string of the molecule is C[C@@H]1CCCN(C(=O)C(CO)c2ccc(Nc3ncc(-c4ccc(OC(F)F)cc4)cn3)cc2)C1. The fourth-order valence-corrected chi connectivity index (χ4v) is 4.23. The van der Waals surface area contributed by atoms with Crippen LogP contribution in [0.15, 0.2) is 60.9 Å². The number of aliphatic hydroxyl groups is 1. The quantitative estimate of drug-likeness (QED) is 0.479. The summed E-state index contributed by atoms with van der Waals surface area (Å²) in [7, 11) is 0. The molecule has 2 atom stereocenters. The number of carbonyl (C=O) groups is 1. The molecule has 1 aliphatic heterocycles. The van der Waals surface area contributed by atoms with Gasteiger partial charge in [0.05, 0.1) is 12.5 Å². The molecular weight excluding hydrogens is 454 g/mol. The predicted molar refractivity (Wildman–Crippen MR) is 129 cm³/mol. The number of anilines is 2. The second-order valence-electron chi connectivity index (χ2n) is 8.71. The molecule has 2 aromatic carbocycles. The number of alkyl halides is 2. The lowest BCUT2D eigenvalue weighted by atomic mass is 9.94. The highest BCUT2D eigenvalue weighted by Crippen LogP contribution is 2.26. The van der Waals surface area contributed by atoms with E-state index in [1.54, 1.807) is 24.5 Å². The molecule has 4 rings (SSSR count). The van der Waals surface area contributed by atoms with Crippen LogP contribution in [0.2, 0.25) is 0 Å². The molecule has 184 valence electrons. The minimum absolute atomic E-state index is 0.0347. The maximum absolute atomic E-state index is 13.0. The lowest BCUT2D eigenvalue weighted by Crippen LogP contribution is -2.42. The molecule has 3 aromatic rings. The number of ether oxygens (including phenoxy) is 1. The van der Waals surface area contributed by atoms with Gasteiger partial charge in [0.2, 0.25) is 11.9 Å². The number of aromatic nitrogens is 2. The number of piperidine rings is 1. The molecule has 7 nitrogen and oxygen atoms in total. The molecule has 35 heavy (non-hydrogen) atoms. The Bertz CT molecular complexity index is 1110. The Morgan fingerprint density at radius 1 is 1.11 bits per heavy atom. The van der Waals surface area contributed by atoms with Gasteiger partial charge < -0.3 is 20.1 Å². The summed E-state index contributed by atoms with van der Waals surface area (Å²) in [5, 5.41) is 13.0. The first-order valence-electron chi connectivity index (χ1n) is 11.6. The Kier molecular flexibility index (Phi) is 7.87. The van der Waals surface area contributed by atoms with Crippen LogP contribution in [0.25, 0.3) is 11.1 Å². The highest BCUT2D eigenvalue weighted by molar-refractivity contribution is 5.84. The Labute approximate surface area is 202 Å². The van der Waals surface area contributed by atoms with Crippen molar-refractivity contribution >= 4 is 17.5 Å². The van der Waals surface area contributed by atoms with Gasteiger partial charge in [0.15, 0.2) is 0 Å². The maximum Gasteiger partial charge on any atom is 0.387 e. The van der Waals surface area contributed by atoms with Crippen molar-refractivity contribution in [3.63, 3.8) is 0 Å². The molecule has 0 bridgehead atoms. The monoisotopic (exact) mass is 482 g/mol. The molecule has 2 N–H and O–H groups in total. The summed E-state index contributed by atoms with van der Waals surface area (Å²) < 4.78 is 28.9. The molecule has 2 heterocycles. The van der Waals surface area contributed by atoms with E-state index in [-0.39, 0.29) is 18.3 Å². The van der Waals surface area contributed by atoms with Gasteiger partial charge in [-0.25, -0.2) is 9.97 Å². The topological polar surface area (TPSA) is 87.6 Å². The smallest absolute Gasteiger partial charge is 0.387 e. The third-order valence-corrected chi connectivity index (χ3v) is 6.08. The van der Waals surface area contributed by atoms with Crippen LogP contribution < -0.4 is 10.1 Å². The van der Waals surface area contributed by atoms with Crippen molar-refractivity contribution < 1.29 is 23.4 Å². The molecule has 1 unspecified atom stereocenters. The standard InChI is InChI=1S/C26H28F2N4O3/c1-17-3-2-12-32(15-17)24(34)23(16-33)19-4-8-21(9-5-19)31-26-29-13-20(14-30-26)18-6-10-22(11-7-18)35-25(27)28/h4-11,13-14,17,23,25,33H,2-3,12,15-16H2,1H3,(H,29,30,31)/t17-,23?/m1/s1. The number of hydrogen-bond donors (Lipinski definition) is 2. The first kappa shape index (κ1) is 24.5. The van der Waals surface area contributed by atoms with Crippen LogP contribution in [0.1, 0.15) is 31.2 Å². The third kappa shape index (κ3) is 6.30. The first-order chi connectivity index (χ1) is 16.9. The zero-order valence-corrected chi connectivity index (χ0v) is 19.4. The number of halogens is 2. The molecule has 0 aliphatic carbocycles. The zero-order valence-electron chi connectivity index (χ0n) is 19.4. The molecule has 1 amide bonds. The number of aliphatic hydroxyl groups excluding tert-OH is 1. The number of rotatable bonds is 8. The van der Waals surface area contributed by atoms with Crippen LogP contribution in [-0.2, 0) is 4.79 Å².